The molecule has 0 aliphatic heterocycles. The zero-order valence-electron chi connectivity index (χ0n) is 8.67. The molecule has 0 saturated heterocycles. The van der Waals surface area contributed by atoms with Gasteiger partial charge in [0.2, 0.25) is 0 Å². The normalized spacial score (nSPS) is 10.5. The van der Waals surface area contributed by atoms with Gasteiger partial charge in [-0.25, -0.2) is 4.98 Å². The summed E-state index contributed by atoms with van der Waals surface area (Å²) in [4.78, 5) is 19.3. The van der Waals surface area contributed by atoms with Crippen molar-refractivity contribution in [2.45, 2.75) is 6.42 Å². The number of rotatable bonds is 4. The highest BCUT2D eigenvalue weighted by Crippen LogP contribution is 2.22. The highest BCUT2D eigenvalue weighted by atomic mass is 127. The lowest BCUT2D eigenvalue weighted by Crippen LogP contribution is -2.15. The van der Waals surface area contributed by atoms with Crippen molar-refractivity contribution in [3.8, 4) is 0 Å². The van der Waals surface area contributed by atoms with Gasteiger partial charge >= 0.3 is 0 Å². The SMILES string of the molecule is O=c1[nH]cnc(NCCc2ccc(Br)s2)c1I. The third-order valence-electron chi connectivity index (χ3n) is 2.09. The molecule has 2 heterocycles. The minimum atomic E-state index is -0.109. The van der Waals surface area contributed by atoms with E-state index < -0.39 is 0 Å². The summed E-state index contributed by atoms with van der Waals surface area (Å²) in [6, 6.07) is 4.13. The van der Waals surface area contributed by atoms with E-state index in [0.29, 0.717) is 9.39 Å². The van der Waals surface area contributed by atoms with E-state index in [-0.39, 0.29) is 5.56 Å². The molecule has 0 amide bonds. The Bertz CT molecular complexity index is 569. The number of nitrogens with one attached hydrogen (secondary N) is 2. The Morgan fingerprint density at radius 1 is 1.53 bits per heavy atom. The van der Waals surface area contributed by atoms with Gasteiger partial charge in [-0.3, -0.25) is 4.79 Å². The van der Waals surface area contributed by atoms with Crippen LogP contribution in [0.15, 0.2) is 27.0 Å². The lowest BCUT2D eigenvalue weighted by molar-refractivity contribution is 1.00. The maximum absolute atomic E-state index is 11.3. The Hall–Kier alpha value is -0.410. The molecule has 17 heavy (non-hydrogen) atoms. The quantitative estimate of drug-likeness (QED) is 0.740. The van der Waals surface area contributed by atoms with Crippen LogP contribution in [0, 0.1) is 3.57 Å². The molecular weight excluding hydrogens is 417 g/mol. The van der Waals surface area contributed by atoms with Gasteiger partial charge in [-0.1, -0.05) is 0 Å². The van der Waals surface area contributed by atoms with Crippen LogP contribution in [-0.2, 0) is 6.42 Å². The van der Waals surface area contributed by atoms with Crippen molar-refractivity contribution < 1.29 is 0 Å². The molecule has 2 aromatic rings. The molecule has 0 fully saturated rings. The largest absolute Gasteiger partial charge is 0.369 e. The Morgan fingerprint density at radius 3 is 3.06 bits per heavy atom. The van der Waals surface area contributed by atoms with Gasteiger partial charge in [-0.2, -0.15) is 0 Å². The van der Waals surface area contributed by atoms with Gasteiger partial charge in [0.25, 0.3) is 5.56 Å². The topological polar surface area (TPSA) is 57.8 Å². The van der Waals surface area contributed by atoms with E-state index in [1.165, 1.54) is 11.2 Å². The molecule has 0 aliphatic carbocycles. The second-order valence-corrected chi connectivity index (χ2v) is 6.90. The Balaban J connectivity index is 1.94. The molecule has 0 saturated carbocycles. The molecule has 0 aliphatic rings. The number of hydrogen-bond donors (Lipinski definition) is 2. The summed E-state index contributed by atoms with van der Waals surface area (Å²) in [6.45, 7) is 0.763. The first-order valence-corrected chi connectivity index (χ1v) is 7.57. The molecular formula is C10H9BrIN3OS. The Morgan fingerprint density at radius 2 is 2.35 bits per heavy atom. The fourth-order valence-corrected chi connectivity index (χ4v) is 3.26. The number of nitrogens with zero attached hydrogens (tertiary/aromatic N) is 1. The molecule has 2 aromatic heterocycles. The third kappa shape index (κ3) is 3.52. The van der Waals surface area contributed by atoms with E-state index in [0.717, 1.165) is 16.8 Å². The van der Waals surface area contributed by atoms with Gasteiger partial charge in [0, 0.05) is 11.4 Å². The summed E-state index contributed by atoms with van der Waals surface area (Å²) >= 11 is 7.14. The second kappa shape index (κ2) is 5.96. The van der Waals surface area contributed by atoms with Crippen molar-refractivity contribution in [2.24, 2.45) is 0 Å². The van der Waals surface area contributed by atoms with Crippen molar-refractivity contribution in [3.05, 3.63) is 41.0 Å². The molecule has 2 rings (SSSR count). The van der Waals surface area contributed by atoms with Crippen LogP contribution < -0.4 is 10.9 Å². The molecule has 0 spiro atoms. The lowest BCUT2D eigenvalue weighted by Gasteiger charge is -2.05. The van der Waals surface area contributed by atoms with E-state index in [4.69, 9.17) is 0 Å². The Labute approximate surface area is 124 Å². The van der Waals surface area contributed by atoms with Crippen molar-refractivity contribution in [2.75, 3.05) is 11.9 Å². The van der Waals surface area contributed by atoms with Gasteiger partial charge in [-0.15, -0.1) is 11.3 Å². The maximum Gasteiger partial charge on any atom is 0.266 e. The molecule has 2 N–H and O–H groups in total. The second-order valence-electron chi connectivity index (χ2n) is 3.28. The van der Waals surface area contributed by atoms with Crippen LogP contribution in [0.3, 0.4) is 0 Å². The summed E-state index contributed by atoms with van der Waals surface area (Å²) in [7, 11) is 0. The average Bonchev–Trinajstić information content (AvgIpc) is 2.70. The van der Waals surface area contributed by atoms with E-state index in [1.54, 1.807) is 11.3 Å². The Kier molecular flexibility index (Phi) is 4.57. The van der Waals surface area contributed by atoms with Gasteiger partial charge in [-0.05, 0) is 57.1 Å². The van der Waals surface area contributed by atoms with Crippen molar-refractivity contribution in [3.63, 3.8) is 0 Å². The zero-order valence-corrected chi connectivity index (χ0v) is 13.2. The van der Waals surface area contributed by atoms with Crippen LogP contribution in [0.25, 0.3) is 0 Å². The minimum absolute atomic E-state index is 0.109. The van der Waals surface area contributed by atoms with Crippen LogP contribution in [0.4, 0.5) is 5.82 Å². The number of halogens is 2. The number of anilines is 1. The third-order valence-corrected chi connectivity index (χ3v) is 4.77. The number of aromatic nitrogens is 2. The van der Waals surface area contributed by atoms with Crippen molar-refractivity contribution in [1.82, 2.24) is 9.97 Å². The van der Waals surface area contributed by atoms with E-state index in [2.05, 4.69) is 37.3 Å². The van der Waals surface area contributed by atoms with Crippen LogP contribution >= 0.6 is 49.9 Å². The summed E-state index contributed by atoms with van der Waals surface area (Å²) in [5.41, 5.74) is -0.109. The molecule has 7 heteroatoms. The predicted octanol–water partition coefficient (Wildman–Crippen LogP) is 2.85. The van der Waals surface area contributed by atoms with Gasteiger partial charge in [0.1, 0.15) is 9.39 Å². The summed E-state index contributed by atoms with van der Waals surface area (Å²) in [5, 5.41) is 3.16. The first-order chi connectivity index (χ1) is 8.16. The fraction of sp³-hybridized carbons (Fsp3) is 0.200. The first-order valence-electron chi connectivity index (χ1n) is 4.88. The van der Waals surface area contributed by atoms with E-state index in [1.807, 2.05) is 28.7 Å². The molecule has 0 radical (unpaired) electrons. The summed E-state index contributed by atoms with van der Waals surface area (Å²) in [5.74, 6) is 0.643. The predicted molar refractivity (Wildman–Crippen MR) is 81.8 cm³/mol. The van der Waals surface area contributed by atoms with E-state index in [9.17, 15) is 4.79 Å². The van der Waals surface area contributed by atoms with Crippen molar-refractivity contribution in [1.29, 1.82) is 0 Å². The van der Waals surface area contributed by atoms with Gasteiger partial charge in [0.15, 0.2) is 0 Å². The highest BCUT2D eigenvalue weighted by Gasteiger charge is 2.04. The summed E-state index contributed by atoms with van der Waals surface area (Å²) in [6.07, 6.45) is 2.33. The first kappa shape index (κ1) is 13.0. The number of hydrogen-bond acceptors (Lipinski definition) is 4. The molecule has 0 bridgehead atoms. The molecule has 0 unspecified atom stereocenters. The zero-order chi connectivity index (χ0) is 12.3. The monoisotopic (exact) mass is 425 g/mol. The van der Waals surface area contributed by atoms with Crippen LogP contribution in [0.5, 0.6) is 0 Å². The van der Waals surface area contributed by atoms with Gasteiger partial charge < -0.3 is 10.3 Å². The molecule has 0 aromatic carbocycles. The molecule has 0 atom stereocenters. The van der Waals surface area contributed by atoms with Gasteiger partial charge in [0.05, 0.1) is 10.1 Å². The van der Waals surface area contributed by atoms with Crippen LogP contribution in [-0.4, -0.2) is 16.5 Å². The lowest BCUT2D eigenvalue weighted by atomic mass is 10.3. The highest BCUT2D eigenvalue weighted by molar-refractivity contribution is 14.1. The van der Waals surface area contributed by atoms with Crippen molar-refractivity contribution >= 4 is 55.7 Å². The van der Waals surface area contributed by atoms with Crippen LogP contribution in [0.1, 0.15) is 4.88 Å². The van der Waals surface area contributed by atoms with E-state index >= 15 is 0 Å². The number of thiophene rings is 1. The standard InChI is InChI=1S/C10H9BrIN3OS/c11-7-2-1-6(17-7)3-4-13-9-8(12)10(16)15-5-14-9/h1-2,5H,3-4H2,(H2,13,14,15,16). The number of H-pyrrole nitrogens is 1. The summed E-state index contributed by atoms with van der Waals surface area (Å²) < 4.78 is 1.73. The average molecular weight is 426 g/mol. The maximum atomic E-state index is 11.3. The van der Waals surface area contributed by atoms with Crippen LogP contribution in [0.2, 0.25) is 0 Å². The fourth-order valence-electron chi connectivity index (χ4n) is 1.30. The molecule has 90 valence electrons. The number of aromatic amines is 1. The minimum Gasteiger partial charge on any atom is -0.369 e. The smallest absolute Gasteiger partial charge is 0.266 e. The molecule has 4 nitrogen and oxygen atoms in total.